The molecule has 1 aromatic carbocycles. The third-order valence-corrected chi connectivity index (χ3v) is 6.54. The van der Waals surface area contributed by atoms with Crippen molar-refractivity contribution >= 4 is 21.6 Å². The summed E-state index contributed by atoms with van der Waals surface area (Å²) in [6.07, 6.45) is 6.06. The van der Waals surface area contributed by atoms with Gasteiger partial charge < -0.3 is 5.32 Å². The number of anilines is 1. The molecule has 0 unspecified atom stereocenters. The molecule has 0 heterocycles. The molecule has 0 aliphatic heterocycles. The maximum absolute atomic E-state index is 12.5. The Balaban J connectivity index is 1.73. The quantitative estimate of drug-likeness (QED) is 0.917. The fourth-order valence-corrected chi connectivity index (χ4v) is 4.56. The summed E-state index contributed by atoms with van der Waals surface area (Å²) in [6, 6.07) is 5.47. The summed E-state index contributed by atoms with van der Waals surface area (Å²) < 4.78 is 24.5. The zero-order valence-corrected chi connectivity index (χ0v) is 14.7. The Bertz CT molecular complexity index is 729. The highest BCUT2D eigenvalue weighted by Gasteiger charge is 2.40. The SMILES string of the molecule is Cc1cc(C(=O)N[C@H]2C[C@@H]3CC[C@@H]2C3)ccc1N(C)S(C)(=O)=O. The highest BCUT2D eigenvalue weighted by molar-refractivity contribution is 7.92. The van der Waals surface area contributed by atoms with Gasteiger partial charge in [-0.1, -0.05) is 6.42 Å². The van der Waals surface area contributed by atoms with E-state index >= 15 is 0 Å². The summed E-state index contributed by atoms with van der Waals surface area (Å²) in [5.41, 5.74) is 1.97. The molecule has 0 spiro atoms. The first kappa shape index (κ1) is 16.3. The lowest BCUT2D eigenvalue weighted by atomic mass is 9.95. The van der Waals surface area contributed by atoms with E-state index in [1.54, 1.807) is 18.2 Å². The summed E-state index contributed by atoms with van der Waals surface area (Å²) in [6.45, 7) is 1.82. The number of hydrogen-bond acceptors (Lipinski definition) is 3. The fraction of sp³-hybridized carbons (Fsp3) is 0.588. The average Bonchev–Trinajstić information content (AvgIpc) is 3.08. The Morgan fingerprint density at radius 1 is 1.26 bits per heavy atom. The number of rotatable bonds is 4. The summed E-state index contributed by atoms with van der Waals surface area (Å²) in [5.74, 6) is 1.37. The fourth-order valence-electron chi connectivity index (χ4n) is 4.00. The van der Waals surface area contributed by atoms with E-state index in [9.17, 15) is 13.2 Å². The van der Waals surface area contributed by atoms with Gasteiger partial charge in [-0.25, -0.2) is 8.42 Å². The lowest BCUT2D eigenvalue weighted by Crippen LogP contribution is -2.38. The van der Waals surface area contributed by atoms with Crippen molar-refractivity contribution in [3.05, 3.63) is 29.3 Å². The highest BCUT2D eigenvalue weighted by Crippen LogP contribution is 2.44. The maximum Gasteiger partial charge on any atom is 0.251 e. The van der Waals surface area contributed by atoms with Crippen LogP contribution in [-0.2, 0) is 10.0 Å². The van der Waals surface area contributed by atoms with E-state index in [1.807, 2.05) is 6.92 Å². The van der Waals surface area contributed by atoms with Gasteiger partial charge in [-0.2, -0.15) is 0 Å². The van der Waals surface area contributed by atoms with Gasteiger partial charge in [0.15, 0.2) is 0 Å². The molecular weight excluding hydrogens is 312 g/mol. The van der Waals surface area contributed by atoms with Crippen LogP contribution in [0, 0.1) is 18.8 Å². The smallest absolute Gasteiger partial charge is 0.251 e. The van der Waals surface area contributed by atoms with Crippen LogP contribution in [0.1, 0.15) is 41.6 Å². The minimum Gasteiger partial charge on any atom is -0.349 e. The largest absolute Gasteiger partial charge is 0.349 e. The molecular formula is C17H24N2O3S. The number of hydrogen-bond donors (Lipinski definition) is 1. The van der Waals surface area contributed by atoms with E-state index in [2.05, 4.69) is 5.32 Å². The Hall–Kier alpha value is -1.56. The van der Waals surface area contributed by atoms with Gasteiger partial charge in [0.1, 0.15) is 0 Å². The molecule has 2 fully saturated rings. The number of carbonyl (C=O) groups excluding carboxylic acids is 1. The van der Waals surface area contributed by atoms with Crippen molar-refractivity contribution in [2.45, 2.75) is 38.6 Å². The van der Waals surface area contributed by atoms with Gasteiger partial charge in [-0.15, -0.1) is 0 Å². The molecule has 3 rings (SSSR count). The molecule has 3 atom stereocenters. The van der Waals surface area contributed by atoms with Crippen molar-refractivity contribution in [3.63, 3.8) is 0 Å². The summed E-state index contributed by atoms with van der Waals surface area (Å²) in [4.78, 5) is 12.5. The Morgan fingerprint density at radius 2 is 2.00 bits per heavy atom. The van der Waals surface area contributed by atoms with Crippen molar-refractivity contribution in [1.82, 2.24) is 5.32 Å². The molecule has 2 aliphatic rings. The van der Waals surface area contributed by atoms with Gasteiger partial charge in [0.2, 0.25) is 10.0 Å². The second-order valence-electron chi connectivity index (χ2n) is 6.99. The first-order valence-electron chi connectivity index (χ1n) is 8.11. The lowest BCUT2D eigenvalue weighted by Gasteiger charge is -2.23. The summed E-state index contributed by atoms with van der Waals surface area (Å²) in [7, 11) is -1.78. The monoisotopic (exact) mass is 336 g/mol. The van der Waals surface area contributed by atoms with Crippen LogP contribution in [0.4, 0.5) is 5.69 Å². The van der Waals surface area contributed by atoms with Gasteiger partial charge in [-0.3, -0.25) is 9.10 Å². The zero-order valence-electron chi connectivity index (χ0n) is 13.9. The topological polar surface area (TPSA) is 66.5 Å². The second-order valence-corrected chi connectivity index (χ2v) is 9.00. The van der Waals surface area contributed by atoms with Crippen molar-refractivity contribution in [1.29, 1.82) is 0 Å². The molecule has 0 saturated heterocycles. The minimum atomic E-state index is -3.30. The first-order chi connectivity index (χ1) is 10.8. The number of carbonyl (C=O) groups is 1. The van der Waals surface area contributed by atoms with Crippen molar-refractivity contribution < 1.29 is 13.2 Å². The van der Waals surface area contributed by atoms with Crippen LogP contribution >= 0.6 is 0 Å². The first-order valence-corrected chi connectivity index (χ1v) is 9.96. The number of nitrogens with zero attached hydrogens (tertiary/aromatic N) is 1. The Kier molecular flexibility index (Phi) is 4.12. The van der Waals surface area contributed by atoms with Gasteiger partial charge >= 0.3 is 0 Å². The molecule has 0 aromatic heterocycles. The third kappa shape index (κ3) is 3.22. The van der Waals surface area contributed by atoms with Crippen molar-refractivity contribution in [3.8, 4) is 0 Å². The van der Waals surface area contributed by atoms with Gasteiger partial charge in [-0.05, 0) is 61.8 Å². The summed E-state index contributed by atoms with van der Waals surface area (Å²) >= 11 is 0. The number of sulfonamides is 1. The maximum atomic E-state index is 12.5. The van der Waals surface area contributed by atoms with Crippen LogP contribution < -0.4 is 9.62 Å². The number of aryl methyl sites for hydroxylation is 1. The predicted octanol–water partition coefficient (Wildman–Crippen LogP) is 2.31. The van der Waals surface area contributed by atoms with E-state index < -0.39 is 10.0 Å². The molecule has 126 valence electrons. The normalized spacial score (nSPS) is 26.3. The number of amides is 1. The molecule has 0 radical (unpaired) electrons. The van der Waals surface area contributed by atoms with Crippen LogP contribution in [-0.4, -0.2) is 33.7 Å². The van der Waals surface area contributed by atoms with Crippen LogP contribution in [0.25, 0.3) is 0 Å². The lowest BCUT2D eigenvalue weighted by molar-refractivity contribution is 0.0923. The molecule has 2 saturated carbocycles. The van der Waals surface area contributed by atoms with Gasteiger partial charge in [0, 0.05) is 18.7 Å². The molecule has 2 aliphatic carbocycles. The Labute approximate surface area is 138 Å². The zero-order chi connectivity index (χ0) is 16.8. The number of benzene rings is 1. The second kappa shape index (κ2) is 5.82. The molecule has 1 aromatic rings. The minimum absolute atomic E-state index is 0.0563. The molecule has 5 nitrogen and oxygen atoms in total. The Morgan fingerprint density at radius 3 is 2.52 bits per heavy atom. The highest BCUT2D eigenvalue weighted by atomic mass is 32.2. The van der Waals surface area contributed by atoms with E-state index in [4.69, 9.17) is 0 Å². The standard InChI is InChI=1S/C17H24N2O3S/c1-11-8-14(6-7-16(11)19(2)23(3,21)22)17(20)18-15-10-12-4-5-13(15)9-12/h6-8,12-13,15H,4-5,9-10H2,1-3H3,(H,18,20)/t12-,13-,15+/m1/s1. The van der Waals surface area contributed by atoms with E-state index in [1.165, 1.54) is 36.9 Å². The van der Waals surface area contributed by atoms with Crippen LogP contribution in [0.5, 0.6) is 0 Å². The molecule has 1 amide bonds. The van der Waals surface area contributed by atoms with Gasteiger partial charge in [0.05, 0.1) is 11.9 Å². The molecule has 2 bridgehead atoms. The van der Waals surface area contributed by atoms with Crippen LogP contribution in [0.15, 0.2) is 18.2 Å². The van der Waals surface area contributed by atoms with E-state index in [0.717, 1.165) is 17.9 Å². The average molecular weight is 336 g/mol. The molecule has 23 heavy (non-hydrogen) atoms. The van der Waals surface area contributed by atoms with Crippen molar-refractivity contribution in [2.24, 2.45) is 11.8 Å². The van der Waals surface area contributed by atoms with Crippen LogP contribution in [0.2, 0.25) is 0 Å². The number of nitrogens with one attached hydrogen (secondary N) is 1. The summed E-state index contributed by atoms with van der Waals surface area (Å²) in [5, 5.41) is 3.16. The predicted molar refractivity (Wildman–Crippen MR) is 91.1 cm³/mol. The molecule has 1 N–H and O–H groups in total. The van der Waals surface area contributed by atoms with Crippen LogP contribution in [0.3, 0.4) is 0 Å². The van der Waals surface area contributed by atoms with E-state index in [-0.39, 0.29) is 5.91 Å². The van der Waals surface area contributed by atoms with Crippen molar-refractivity contribution in [2.75, 3.05) is 17.6 Å². The molecule has 6 heteroatoms. The third-order valence-electron chi connectivity index (χ3n) is 5.35. The number of fused-ring (bicyclic) bond motifs is 2. The van der Waals surface area contributed by atoms with E-state index in [0.29, 0.717) is 23.2 Å². The van der Waals surface area contributed by atoms with Gasteiger partial charge in [0.25, 0.3) is 5.91 Å².